The maximum Gasteiger partial charge on any atom is 0.333 e. The maximum absolute atomic E-state index is 12.9. The van der Waals surface area contributed by atoms with Gasteiger partial charge in [0.25, 0.3) is 5.56 Å². The Bertz CT molecular complexity index is 1750. The number of pyridine rings is 1. The highest BCUT2D eigenvalue weighted by Gasteiger charge is 2.31. The fourth-order valence-electron chi connectivity index (χ4n) is 4.22. The van der Waals surface area contributed by atoms with Crippen LogP contribution in [0.15, 0.2) is 26.9 Å². The number of carbonyl (C=O) groups excluding carboxylic acids is 2. The van der Waals surface area contributed by atoms with E-state index in [1.807, 2.05) is 0 Å². The van der Waals surface area contributed by atoms with Crippen molar-refractivity contribution in [2.45, 2.75) is 43.8 Å². The van der Waals surface area contributed by atoms with Crippen LogP contribution in [0.5, 0.6) is 0 Å². The predicted octanol–water partition coefficient (Wildman–Crippen LogP) is 0.154. The van der Waals surface area contributed by atoms with Gasteiger partial charge in [0, 0.05) is 44.3 Å². The molecule has 0 spiro atoms. The van der Waals surface area contributed by atoms with E-state index < -0.39 is 21.1 Å². The van der Waals surface area contributed by atoms with Crippen LogP contribution in [0, 0.1) is 23.7 Å². The molecule has 1 amide bonds. The van der Waals surface area contributed by atoms with E-state index in [0.29, 0.717) is 17.1 Å². The molecule has 0 saturated heterocycles. The molecule has 2 fully saturated rings. The summed E-state index contributed by atoms with van der Waals surface area (Å²) >= 11 is 0. The summed E-state index contributed by atoms with van der Waals surface area (Å²) < 4.78 is 27.4. The Kier molecular flexibility index (Phi) is 6.30. The zero-order valence-electron chi connectivity index (χ0n) is 21.1. The highest BCUT2D eigenvalue weighted by atomic mass is 32.2. The topological polar surface area (TPSA) is 155 Å². The van der Waals surface area contributed by atoms with Gasteiger partial charge in [0.2, 0.25) is 20.9 Å². The van der Waals surface area contributed by atoms with Crippen LogP contribution in [0.3, 0.4) is 0 Å². The number of rotatable bonds is 7. The van der Waals surface area contributed by atoms with Gasteiger partial charge in [-0.05, 0) is 43.7 Å². The normalized spacial score (nSPS) is 15.2. The summed E-state index contributed by atoms with van der Waals surface area (Å²) in [7, 11) is -1.09. The Morgan fingerprint density at radius 1 is 1.05 bits per heavy atom. The first kappa shape index (κ1) is 25.6. The zero-order valence-corrected chi connectivity index (χ0v) is 22.0. The molecule has 2 aliphatic rings. The Hall–Kier alpha value is -4.05. The highest BCUT2D eigenvalue weighted by molar-refractivity contribution is 7.90. The lowest BCUT2D eigenvalue weighted by atomic mass is 10.1. The molecule has 38 heavy (non-hydrogen) atoms. The minimum absolute atomic E-state index is 0.0107. The summed E-state index contributed by atoms with van der Waals surface area (Å²) in [6, 6.07) is 3.27. The number of sulfone groups is 1. The van der Waals surface area contributed by atoms with Gasteiger partial charge >= 0.3 is 5.69 Å². The van der Waals surface area contributed by atoms with E-state index in [0.717, 1.165) is 45.6 Å². The monoisotopic (exact) mass is 538 g/mol. The summed E-state index contributed by atoms with van der Waals surface area (Å²) in [6.07, 6.45) is 4.53. The van der Waals surface area contributed by atoms with E-state index in [1.165, 1.54) is 14.1 Å². The number of ketones is 1. The molecule has 1 N–H and O–H groups in total. The first-order valence-corrected chi connectivity index (χ1v) is 14.0. The molecule has 3 aromatic rings. The molecule has 0 radical (unpaired) electrons. The second-order valence-corrected chi connectivity index (χ2v) is 11.8. The third-order valence-corrected chi connectivity index (χ3v) is 7.61. The first-order chi connectivity index (χ1) is 17.9. The van der Waals surface area contributed by atoms with Crippen molar-refractivity contribution in [2.24, 2.45) is 25.9 Å². The largest absolute Gasteiger partial charge is 0.333 e. The van der Waals surface area contributed by atoms with Crippen LogP contribution in [0.1, 0.15) is 37.1 Å². The summed E-state index contributed by atoms with van der Waals surface area (Å²) in [5.74, 6) is 5.75. The average Bonchev–Trinajstić information content (AvgIpc) is 3.75. The minimum Gasteiger partial charge on any atom is -0.326 e. The van der Waals surface area contributed by atoms with E-state index in [1.54, 1.807) is 12.1 Å². The van der Waals surface area contributed by atoms with Crippen molar-refractivity contribution >= 4 is 38.4 Å². The smallest absolute Gasteiger partial charge is 0.326 e. The lowest BCUT2D eigenvalue weighted by Gasteiger charge is -2.08. The van der Waals surface area contributed by atoms with Gasteiger partial charge in [-0.2, -0.15) is 4.98 Å². The number of hydrogen-bond donors (Lipinski definition) is 1. The number of aromatic nitrogens is 5. The number of nitrogens with zero attached hydrogens (tertiary/aromatic N) is 5. The SMILES string of the molecule is Cn1c(=O)c2c(nc(S(C)(=O)=O)n2C)n(CC#Cc2cc(NC(=O)C3CC3)cc(CC(=O)C3CC3)n2)c1=O. The van der Waals surface area contributed by atoms with Crippen molar-refractivity contribution in [1.29, 1.82) is 0 Å². The summed E-state index contributed by atoms with van der Waals surface area (Å²) in [6.45, 7) is -0.208. The summed E-state index contributed by atoms with van der Waals surface area (Å²) in [5.41, 5.74) is -0.242. The van der Waals surface area contributed by atoms with E-state index in [9.17, 15) is 27.6 Å². The van der Waals surface area contributed by atoms with Gasteiger partial charge in [0.05, 0.1) is 12.2 Å². The lowest BCUT2D eigenvalue weighted by Crippen LogP contribution is -2.38. The predicted molar refractivity (Wildman–Crippen MR) is 137 cm³/mol. The second-order valence-electron chi connectivity index (χ2n) is 9.85. The zero-order chi connectivity index (χ0) is 27.4. The van der Waals surface area contributed by atoms with Crippen LogP contribution in [0.4, 0.5) is 5.69 Å². The van der Waals surface area contributed by atoms with Crippen LogP contribution in [-0.2, 0) is 46.5 Å². The number of aryl methyl sites for hydroxylation is 1. The number of hydrogen-bond acceptors (Lipinski definition) is 8. The average molecular weight is 539 g/mol. The summed E-state index contributed by atoms with van der Waals surface area (Å²) in [5, 5.41) is 2.52. The van der Waals surface area contributed by atoms with E-state index in [-0.39, 0.29) is 52.8 Å². The molecule has 0 unspecified atom stereocenters. The van der Waals surface area contributed by atoms with Gasteiger partial charge in [-0.25, -0.2) is 18.2 Å². The van der Waals surface area contributed by atoms with Gasteiger partial charge < -0.3 is 9.88 Å². The Labute approximate surface area is 217 Å². The molecule has 12 nitrogen and oxygen atoms in total. The molecular weight excluding hydrogens is 512 g/mol. The third kappa shape index (κ3) is 5.04. The van der Waals surface area contributed by atoms with E-state index in [4.69, 9.17) is 0 Å². The van der Waals surface area contributed by atoms with Gasteiger partial charge in [0.1, 0.15) is 11.5 Å². The molecule has 198 valence electrons. The highest BCUT2D eigenvalue weighted by Crippen LogP contribution is 2.32. The van der Waals surface area contributed by atoms with Crippen molar-refractivity contribution in [2.75, 3.05) is 11.6 Å². The van der Waals surface area contributed by atoms with Crippen molar-refractivity contribution in [3.05, 3.63) is 44.4 Å². The van der Waals surface area contributed by atoms with Crippen LogP contribution in [0.25, 0.3) is 11.2 Å². The number of imidazole rings is 1. The molecule has 0 bridgehead atoms. The second kappa shape index (κ2) is 9.36. The van der Waals surface area contributed by atoms with E-state index >= 15 is 0 Å². The van der Waals surface area contributed by atoms with Crippen LogP contribution in [-0.4, -0.2) is 50.0 Å². The Balaban J connectivity index is 1.51. The molecule has 0 aromatic carbocycles. The third-order valence-electron chi connectivity index (χ3n) is 6.58. The van der Waals surface area contributed by atoms with Crippen molar-refractivity contribution < 1.29 is 18.0 Å². The number of anilines is 1. The maximum atomic E-state index is 12.9. The van der Waals surface area contributed by atoms with Gasteiger partial charge in [0.15, 0.2) is 11.2 Å². The van der Waals surface area contributed by atoms with Crippen molar-refractivity contribution in [1.82, 2.24) is 23.7 Å². The Morgan fingerprint density at radius 2 is 1.74 bits per heavy atom. The molecule has 0 atom stereocenters. The van der Waals surface area contributed by atoms with Crippen molar-refractivity contribution in [3.8, 4) is 11.8 Å². The fraction of sp³-hybridized carbons (Fsp3) is 0.440. The lowest BCUT2D eigenvalue weighted by molar-refractivity contribution is -0.119. The number of amides is 1. The fourth-order valence-corrected chi connectivity index (χ4v) is 5.07. The van der Waals surface area contributed by atoms with Crippen molar-refractivity contribution in [3.63, 3.8) is 0 Å². The standard InChI is InChI=1S/C25H26N6O6S/c1-29-20-21(28-24(29)38(3,36)37)31(25(35)30(2)23(20)34)10-4-5-16-11-17(27-22(33)15-8-9-15)12-18(26-16)13-19(32)14-6-7-14/h11-12,14-15H,6-10,13H2,1-3H3,(H,26,27,33). The number of carbonyl (C=O) groups is 2. The van der Waals surface area contributed by atoms with Gasteiger partial charge in [-0.15, -0.1) is 0 Å². The minimum atomic E-state index is -3.77. The summed E-state index contributed by atoms with van der Waals surface area (Å²) in [4.78, 5) is 58.8. The molecule has 0 aliphatic heterocycles. The molecular formula is C25H26N6O6S. The van der Waals surface area contributed by atoms with E-state index in [2.05, 4.69) is 27.1 Å². The van der Waals surface area contributed by atoms with Gasteiger partial charge in [-0.3, -0.25) is 23.5 Å². The quantitative estimate of drug-likeness (QED) is 0.417. The van der Waals surface area contributed by atoms with Crippen LogP contribution in [0.2, 0.25) is 0 Å². The number of fused-ring (bicyclic) bond motifs is 1. The van der Waals surface area contributed by atoms with Crippen LogP contribution >= 0.6 is 0 Å². The molecule has 13 heteroatoms. The molecule has 3 aromatic heterocycles. The Morgan fingerprint density at radius 3 is 2.37 bits per heavy atom. The van der Waals surface area contributed by atoms with Gasteiger partial charge in [-0.1, -0.05) is 5.92 Å². The first-order valence-electron chi connectivity index (χ1n) is 12.1. The number of Topliss-reactive ketones (excluding diaryl/α,β-unsaturated/α-hetero) is 1. The molecule has 2 saturated carbocycles. The van der Waals surface area contributed by atoms with Crippen LogP contribution < -0.4 is 16.6 Å². The molecule has 2 aliphatic carbocycles. The number of nitrogens with one attached hydrogen (secondary N) is 1. The molecule has 3 heterocycles. The molecule has 5 rings (SSSR count).